The van der Waals surface area contributed by atoms with Gasteiger partial charge in [-0.2, -0.15) is 12.6 Å². The first-order chi connectivity index (χ1) is 8.15. The highest BCUT2D eigenvalue weighted by molar-refractivity contribution is 7.81. The van der Waals surface area contributed by atoms with E-state index < -0.39 is 0 Å². The average molecular weight is 257 g/mol. The molecule has 0 aromatic heterocycles. The number of likely N-dealkylation sites (tertiary alicyclic amines) is 1. The van der Waals surface area contributed by atoms with E-state index >= 15 is 0 Å². The van der Waals surface area contributed by atoms with Gasteiger partial charge in [-0.05, 0) is 20.0 Å². The van der Waals surface area contributed by atoms with Gasteiger partial charge in [-0.25, -0.2) is 0 Å². The summed E-state index contributed by atoms with van der Waals surface area (Å²) in [7, 11) is 2.17. The first-order valence-corrected chi connectivity index (χ1v) is 7.03. The van der Waals surface area contributed by atoms with E-state index in [1.165, 1.54) is 26.2 Å². The minimum atomic E-state index is 0.256. The lowest BCUT2D eigenvalue weighted by atomic mass is 10.3. The molecular formula is C12H23N3OS. The molecular weight excluding hydrogens is 234 g/mol. The molecule has 0 aliphatic carbocycles. The van der Waals surface area contributed by atoms with Crippen LogP contribution in [0.1, 0.15) is 12.8 Å². The lowest BCUT2D eigenvalue weighted by molar-refractivity contribution is -0.127. The predicted molar refractivity (Wildman–Crippen MR) is 72.5 cm³/mol. The number of thiol groups is 1. The molecule has 0 radical (unpaired) electrons. The highest BCUT2D eigenvalue weighted by Gasteiger charge is 2.26. The van der Waals surface area contributed by atoms with E-state index in [0.29, 0.717) is 6.42 Å². The number of nitrogens with zero attached hydrogens (tertiary/aromatic N) is 3. The Bertz CT molecular complexity index is 266. The standard InChI is InChI=1S/C12H23N3OS/c1-13-5-7-14(8-6-13)3-2-4-15-10-11(17)9-12(15)16/h11,17H,2-10H2,1H3. The highest BCUT2D eigenvalue weighted by atomic mass is 32.1. The van der Waals surface area contributed by atoms with Crippen LogP contribution in [-0.4, -0.2) is 78.7 Å². The van der Waals surface area contributed by atoms with Gasteiger partial charge in [0.25, 0.3) is 0 Å². The van der Waals surface area contributed by atoms with E-state index in [1.54, 1.807) is 0 Å². The van der Waals surface area contributed by atoms with E-state index in [-0.39, 0.29) is 11.2 Å². The fourth-order valence-corrected chi connectivity index (χ4v) is 2.88. The number of rotatable bonds is 4. The topological polar surface area (TPSA) is 26.8 Å². The second-order valence-electron chi connectivity index (χ2n) is 5.20. The zero-order chi connectivity index (χ0) is 12.3. The summed E-state index contributed by atoms with van der Waals surface area (Å²) >= 11 is 4.37. The summed E-state index contributed by atoms with van der Waals surface area (Å²) in [5.41, 5.74) is 0. The Kier molecular flexibility index (Phi) is 4.70. The van der Waals surface area contributed by atoms with Gasteiger partial charge >= 0.3 is 0 Å². The second kappa shape index (κ2) is 6.07. The van der Waals surface area contributed by atoms with Crippen LogP contribution in [0.4, 0.5) is 0 Å². The van der Waals surface area contributed by atoms with E-state index in [0.717, 1.165) is 26.1 Å². The minimum Gasteiger partial charge on any atom is -0.342 e. The Balaban J connectivity index is 1.61. The van der Waals surface area contributed by atoms with Crippen LogP contribution in [0.25, 0.3) is 0 Å². The molecule has 0 N–H and O–H groups in total. The van der Waals surface area contributed by atoms with Crippen molar-refractivity contribution < 1.29 is 4.79 Å². The van der Waals surface area contributed by atoms with Crippen molar-refractivity contribution in [2.24, 2.45) is 0 Å². The highest BCUT2D eigenvalue weighted by Crippen LogP contribution is 2.16. The van der Waals surface area contributed by atoms with Crippen molar-refractivity contribution >= 4 is 18.5 Å². The summed E-state index contributed by atoms with van der Waals surface area (Å²) in [6.45, 7) is 7.53. The van der Waals surface area contributed by atoms with Crippen molar-refractivity contribution in [3.8, 4) is 0 Å². The third-order valence-corrected chi connectivity index (χ3v) is 4.04. The Morgan fingerprint density at radius 3 is 2.53 bits per heavy atom. The fraction of sp³-hybridized carbons (Fsp3) is 0.917. The maximum absolute atomic E-state index is 11.6. The molecule has 4 nitrogen and oxygen atoms in total. The quantitative estimate of drug-likeness (QED) is 0.727. The summed E-state index contributed by atoms with van der Waals surface area (Å²) in [5.74, 6) is 0.281. The fourth-order valence-electron chi connectivity index (χ4n) is 2.52. The average Bonchev–Trinajstić information content (AvgIpc) is 2.60. The van der Waals surface area contributed by atoms with E-state index in [9.17, 15) is 4.79 Å². The number of hydrogen-bond donors (Lipinski definition) is 1. The lowest BCUT2D eigenvalue weighted by Gasteiger charge is -2.32. The van der Waals surface area contributed by atoms with Gasteiger partial charge in [0.2, 0.25) is 5.91 Å². The van der Waals surface area contributed by atoms with Crippen LogP contribution < -0.4 is 0 Å². The summed E-state index contributed by atoms with van der Waals surface area (Å²) < 4.78 is 0. The molecule has 1 atom stereocenters. The van der Waals surface area contributed by atoms with Crippen LogP contribution in [-0.2, 0) is 4.79 Å². The Morgan fingerprint density at radius 2 is 1.94 bits per heavy atom. The molecule has 0 spiro atoms. The van der Waals surface area contributed by atoms with Gasteiger partial charge in [0.1, 0.15) is 0 Å². The molecule has 0 saturated carbocycles. The van der Waals surface area contributed by atoms with Crippen LogP contribution >= 0.6 is 12.6 Å². The smallest absolute Gasteiger partial charge is 0.223 e. The van der Waals surface area contributed by atoms with Crippen LogP contribution in [0.3, 0.4) is 0 Å². The summed E-state index contributed by atoms with van der Waals surface area (Å²) in [4.78, 5) is 18.4. The van der Waals surface area contributed by atoms with Crippen LogP contribution in [0, 0.1) is 0 Å². The zero-order valence-corrected chi connectivity index (χ0v) is 11.5. The van der Waals surface area contributed by atoms with Crippen LogP contribution in [0.15, 0.2) is 0 Å². The molecule has 0 aromatic carbocycles. The molecule has 17 heavy (non-hydrogen) atoms. The van der Waals surface area contributed by atoms with Crippen molar-refractivity contribution in [3.05, 3.63) is 0 Å². The zero-order valence-electron chi connectivity index (χ0n) is 10.6. The summed E-state index contributed by atoms with van der Waals surface area (Å²) in [5, 5.41) is 0.256. The van der Waals surface area contributed by atoms with Gasteiger partial charge in [-0.3, -0.25) is 4.79 Å². The molecule has 0 aromatic rings. The largest absolute Gasteiger partial charge is 0.342 e. The first-order valence-electron chi connectivity index (χ1n) is 6.52. The van der Waals surface area contributed by atoms with E-state index in [1.807, 2.05) is 4.90 Å². The maximum Gasteiger partial charge on any atom is 0.223 e. The van der Waals surface area contributed by atoms with Crippen molar-refractivity contribution in [2.75, 3.05) is 52.9 Å². The molecule has 0 bridgehead atoms. The third-order valence-electron chi connectivity index (χ3n) is 3.69. The van der Waals surface area contributed by atoms with Gasteiger partial charge in [-0.1, -0.05) is 0 Å². The van der Waals surface area contributed by atoms with Gasteiger partial charge in [0.15, 0.2) is 0 Å². The number of carbonyl (C=O) groups is 1. The molecule has 98 valence electrons. The Labute approximate surface area is 109 Å². The molecule has 2 saturated heterocycles. The summed E-state index contributed by atoms with van der Waals surface area (Å²) in [6, 6.07) is 0. The first kappa shape index (κ1) is 13.2. The Morgan fingerprint density at radius 1 is 1.24 bits per heavy atom. The van der Waals surface area contributed by atoms with Gasteiger partial charge in [0.05, 0.1) is 0 Å². The molecule has 2 aliphatic rings. The van der Waals surface area contributed by atoms with E-state index in [4.69, 9.17) is 0 Å². The van der Waals surface area contributed by atoms with Crippen molar-refractivity contribution in [1.82, 2.24) is 14.7 Å². The maximum atomic E-state index is 11.6. The lowest BCUT2D eigenvalue weighted by Crippen LogP contribution is -2.45. The second-order valence-corrected chi connectivity index (χ2v) is 5.93. The van der Waals surface area contributed by atoms with Crippen LogP contribution in [0.5, 0.6) is 0 Å². The number of carbonyl (C=O) groups excluding carboxylic acids is 1. The number of hydrogen-bond acceptors (Lipinski definition) is 4. The predicted octanol–water partition coefficient (Wildman–Crippen LogP) is 0.155. The van der Waals surface area contributed by atoms with Gasteiger partial charge < -0.3 is 14.7 Å². The van der Waals surface area contributed by atoms with Crippen molar-refractivity contribution in [2.45, 2.75) is 18.1 Å². The molecule has 5 heteroatoms. The minimum absolute atomic E-state index is 0.256. The number of amides is 1. The molecule has 2 aliphatic heterocycles. The monoisotopic (exact) mass is 257 g/mol. The van der Waals surface area contributed by atoms with E-state index in [2.05, 4.69) is 29.5 Å². The molecule has 1 unspecified atom stereocenters. The molecule has 2 heterocycles. The van der Waals surface area contributed by atoms with Crippen molar-refractivity contribution in [1.29, 1.82) is 0 Å². The SMILES string of the molecule is CN1CCN(CCCN2CC(S)CC2=O)CC1. The molecule has 2 rings (SSSR count). The number of likely N-dealkylation sites (N-methyl/N-ethyl adjacent to an activating group) is 1. The van der Waals surface area contributed by atoms with Gasteiger partial charge in [0, 0.05) is 50.9 Å². The number of piperazine rings is 1. The molecule has 1 amide bonds. The van der Waals surface area contributed by atoms with Crippen LogP contribution in [0.2, 0.25) is 0 Å². The van der Waals surface area contributed by atoms with Gasteiger partial charge in [-0.15, -0.1) is 0 Å². The molecule has 2 fully saturated rings. The normalized spacial score (nSPS) is 28.0. The third kappa shape index (κ3) is 3.86. The summed E-state index contributed by atoms with van der Waals surface area (Å²) in [6.07, 6.45) is 1.72. The Hall–Kier alpha value is -0.260. The van der Waals surface area contributed by atoms with Crippen molar-refractivity contribution in [3.63, 3.8) is 0 Å².